The molecule has 0 aliphatic rings. The molecular weight excluding hydrogens is 329 g/mol. The minimum absolute atomic E-state index is 0. The zero-order chi connectivity index (χ0) is 2.71. The Labute approximate surface area is 66.8 Å². The predicted molar refractivity (Wildman–Crippen MR) is 26.3 cm³/mol. The van der Waals surface area contributed by atoms with Crippen molar-refractivity contribution >= 4 is 43.1 Å². The Balaban J connectivity index is -0.0000000200. The fourth-order valence-corrected chi connectivity index (χ4v) is 0. The van der Waals surface area contributed by atoms with Crippen LogP contribution in [-0.4, -0.2) is 43.1 Å². The Morgan fingerprint density at radius 2 is 1.60 bits per heavy atom. The van der Waals surface area contributed by atoms with Gasteiger partial charge in [-0.05, 0) is 0 Å². The smallest absolute Gasteiger partial charge is 0 e. The summed E-state index contributed by atoms with van der Waals surface area (Å²) in [6.45, 7) is 0.889. The van der Waals surface area contributed by atoms with Crippen LogP contribution in [0.15, 0.2) is 0 Å². The first-order chi connectivity index (χ1) is 1.41. The molecule has 0 rings (SSSR count). The van der Waals surface area contributed by atoms with E-state index in [4.69, 9.17) is 4.70 Å². The van der Waals surface area contributed by atoms with Crippen LogP contribution in [0.5, 0.6) is 0 Å². The van der Waals surface area contributed by atoms with Crippen molar-refractivity contribution < 1.29 is 24.2 Å². The molecule has 0 saturated carbocycles. The van der Waals surface area contributed by atoms with Crippen LogP contribution in [-0.2, 0) is 24.2 Å². The number of hydrogen-bond acceptors (Lipinski definition) is 1. The van der Waals surface area contributed by atoms with E-state index in [0.29, 0.717) is 10.1 Å². The molecule has 26 valence electrons. The van der Waals surface area contributed by atoms with Crippen LogP contribution in [0.3, 0.4) is 0 Å². The Hall–Kier alpha value is 1.59. The summed E-state index contributed by atoms with van der Waals surface area (Å²) in [6, 6.07) is 0. The third-order valence-corrected chi connectivity index (χ3v) is 0. The first kappa shape index (κ1) is 16.0. The van der Waals surface area contributed by atoms with E-state index in [1.54, 1.807) is 0 Å². The topological polar surface area (TPSA) is 17.1 Å². The predicted octanol–water partition coefficient (Wildman–Crippen LogP) is -2.87. The van der Waals surface area contributed by atoms with Gasteiger partial charge in [-0.2, -0.15) is 0 Å². The maximum atomic E-state index is 8.87. The molecule has 5 heteroatoms. The Morgan fingerprint density at radius 1 is 1.60 bits per heavy atom. The van der Waals surface area contributed by atoms with E-state index in [1.807, 2.05) is 0 Å². The van der Waals surface area contributed by atoms with E-state index in [1.165, 1.54) is 0 Å². The summed E-state index contributed by atoms with van der Waals surface area (Å²) >= 11 is 0. The second-order valence-corrected chi connectivity index (χ2v) is 0.707. The SMILES string of the molecule is O=B[SiH3].[BiH3].[Zn]. The van der Waals surface area contributed by atoms with Gasteiger partial charge in [0.15, 0.2) is 0 Å². The molecule has 0 N–H and O–H groups in total. The van der Waals surface area contributed by atoms with Crippen molar-refractivity contribution in [1.29, 1.82) is 0 Å². The quantitative estimate of drug-likeness (QED) is 0.435. The van der Waals surface area contributed by atoms with Gasteiger partial charge in [0.25, 0.3) is 0 Å². The van der Waals surface area contributed by atoms with E-state index in [2.05, 4.69) is 0 Å². The molecule has 0 heterocycles. The summed E-state index contributed by atoms with van der Waals surface area (Å²) in [5.41, 5.74) is 0. The molecule has 0 saturated heterocycles. The minimum Gasteiger partial charge on any atom is 0 e. The summed E-state index contributed by atoms with van der Waals surface area (Å²) < 4.78 is 8.87. The molecule has 0 unspecified atom stereocenters. The van der Waals surface area contributed by atoms with Crippen LogP contribution in [0.2, 0.25) is 0 Å². The van der Waals surface area contributed by atoms with Crippen molar-refractivity contribution in [1.82, 2.24) is 0 Å². The van der Waals surface area contributed by atoms with Gasteiger partial charge in [-0.3, -0.25) is 0 Å². The van der Waals surface area contributed by atoms with E-state index in [0.717, 1.165) is 6.74 Å². The summed E-state index contributed by atoms with van der Waals surface area (Å²) in [6.07, 6.45) is 0. The van der Waals surface area contributed by atoms with Crippen molar-refractivity contribution in [2.45, 2.75) is 0 Å². The molecule has 0 amide bonds. The van der Waals surface area contributed by atoms with Crippen molar-refractivity contribution in [3.05, 3.63) is 0 Å². The summed E-state index contributed by atoms with van der Waals surface area (Å²) in [5.74, 6) is 0. The van der Waals surface area contributed by atoms with Crippen molar-refractivity contribution in [2.24, 2.45) is 0 Å². The van der Waals surface area contributed by atoms with Crippen molar-refractivity contribution in [3.8, 4) is 0 Å². The van der Waals surface area contributed by atoms with Gasteiger partial charge in [0, 0.05) is 19.5 Å². The van der Waals surface area contributed by atoms with Crippen LogP contribution < -0.4 is 0 Å². The summed E-state index contributed by atoms with van der Waals surface area (Å²) in [5, 5.41) is 0. The van der Waals surface area contributed by atoms with Crippen LogP contribution in [0.4, 0.5) is 0 Å². The monoisotopic (exact) mass is 334 g/mol. The standard InChI is InChI=1S/BH3OSi.Bi.Zn.3H/c2-1-3;;;;;/h3H3;;;;;. The molecule has 0 atom stereocenters. The van der Waals surface area contributed by atoms with E-state index in [9.17, 15) is 0 Å². The van der Waals surface area contributed by atoms with Gasteiger partial charge in [-0.1, -0.05) is 0 Å². The van der Waals surface area contributed by atoms with Gasteiger partial charge < -0.3 is 0 Å². The molecule has 0 aliphatic heterocycles. The van der Waals surface area contributed by atoms with Crippen LogP contribution in [0.25, 0.3) is 0 Å². The average Bonchev–Trinajstić information content (AvgIpc) is 0.918. The van der Waals surface area contributed by atoms with Gasteiger partial charge >= 0.3 is 47.8 Å². The third-order valence-electron chi connectivity index (χ3n) is 0. The first-order valence-corrected chi connectivity index (χ1v) is 1.97. The second-order valence-electron chi connectivity index (χ2n) is 0.236. The van der Waals surface area contributed by atoms with Crippen LogP contribution in [0.1, 0.15) is 0 Å². The maximum absolute atomic E-state index is 8.87. The Morgan fingerprint density at radius 3 is 1.60 bits per heavy atom. The molecule has 0 aromatic heterocycles. The summed E-state index contributed by atoms with van der Waals surface area (Å²) in [4.78, 5) is 0. The van der Waals surface area contributed by atoms with Gasteiger partial charge in [-0.15, -0.1) is 0 Å². The van der Waals surface area contributed by atoms with Crippen LogP contribution in [0, 0.1) is 0 Å². The molecule has 1 nitrogen and oxygen atoms in total. The first-order valence-electron chi connectivity index (χ1n) is 0.813. The molecule has 0 radical (unpaired) electrons. The van der Waals surface area contributed by atoms with E-state index < -0.39 is 0 Å². The minimum atomic E-state index is 0. The third kappa shape index (κ3) is 28.5. The summed E-state index contributed by atoms with van der Waals surface area (Å²) in [7, 11) is 0.688. The van der Waals surface area contributed by atoms with E-state index in [-0.39, 0.29) is 45.7 Å². The van der Waals surface area contributed by atoms with Gasteiger partial charge in [0.1, 0.15) is 0 Å². The van der Waals surface area contributed by atoms with Gasteiger partial charge in [-0.25, -0.2) is 0 Å². The van der Waals surface area contributed by atoms with E-state index >= 15 is 0 Å². The van der Waals surface area contributed by atoms with Crippen molar-refractivity contribution in [3.63, 3.8) is 0 Å². The van der Waals surface area contributed by atoms with Crippen LogP contribution >= 0.6 is 0 Å². The molecule has 0 aromatic carbocycles. The molecule has 0 fully saturated rings. The number of rotatable bonds is 0. The molecule has 0 spiro atoms. The maximum Gasteiger partial charge on any atom is 0 e. The molecule has 0 aromatic rings. The largest absolute Gasteiger partial charge is 0 e. The van der Waals surface area contributed by atoms with Gasteiger partial charge in [0.2, 0.25) is 0 Å². The zero-order valence-electron chi connectivity index (χ0n) is 3.40. The molecule has 0 bridgehead atoms. The van der Waals surface area contributed by atoms with Crippen molar-refractivity contribution in [2.75, 3.05) is 0 Å². The second kappa shape index (κ2) is 17.6. The normalized spacial score (nSPS) is 2.40. The Kier molecular flexibility index (Phi) is 56.1. The zero-order valence-corrected chi connectivity index (χ0v) is 13.9. The Bertz CT molecular complexity index is 19.1. The fourth-order valence-electron chi connectivity index (χ4n) is 0. The molecular formula is H6BBiOSiZn. The molecule has 5 heavy (non-hydrogen) atoms. The number of hydrogen-bond donors (Lipinski definition) is 0. The average molecular weight is 335 g/mol. The van der Waals surface area contributed by atoms with Gasteiger partial charge in [0.05, 0.1) is 0 Å². The molecule has 0 aliphatic carbocycles. The fraction of sp³-hybridized carbons (Fsp3) is 0.